The summed E-state index contributed by atoms with van der Waals surface area (Å²) in [5, 5.41) is 0. The maximum atomic E-state index is 2.40. The molecule has 0 aromatic carbocycles. The summed E-state index contributed by atoms with van der Waals surface area (Å²) in [6, 6.07) is 0. The van der Waals surface area contributed by atoms with Gasteiger partial charge in [-0.05, 0) is 70.0 Å². The maximum Gasteiger partial charge on any atom is 0.0215 e. The fraction of sp³-hybridized carbons (Fsp3) is 1.00. The van der Waals surface area contributed by atoms with Crippen molar-refractivity contribution in [2.75, 3.05) is 0 Å². The zero-order chi connectivity index (χ0) is 17.6. The highest BCUT2D eigenvalue weighted by Crippen LogP contribution is 2.56. The Bertz CT molecular complexity index is 240. The fourth-order valence-corrected chi connectivity index (χ4v) is 13.0. The first-order valence-electron chi connectivity index (χ1n) is 9.20. The van der Waals surface area contributed by atoms with Gasteiger partial charge in [0.25, 0.3) is 0 Å². The van der Waals surface area contributed by atoms with Crippen molar-refractivity contribution in [3.8, 4) is 0 Å². The molecule has 0 saturated heterocycles. The Morgan fingerprint density at radius 1 is 0.522 bits per heavy atom. The van der Waals surface area contributed by atoms with Crippen molar-refractivity contribution in [2.24, 2.45) is 0 Å². The lowest BCUT2D eigenvalue weighted by atomic mass is 10.0. The van der Waals surface area contributed by atoms with Crippen LogP contribution in [0.5, 0.6) is 0 Å². The van der Waals surface area contributed by atoms with E-state index in [2.05, 4.69) is 63.1 Å². The second-order valence-electron chi connectivity index (χ2n) is 7.51. The summed E-state index contributed by atoms with van der Waals surface area (Å²) in [4.78, 5) is 0. The van der Waals surface area contributed by atoms with Gasteiger partial charge in [-0.25, -0.2) is 0 Å². The van der Waals surface area contributed by atoms with Crippen molar-refractivity contribution in [2.45, 2.75) is 115 Å². The zero-order valence-electron chi connectivity index (χ0n) is 16.1. The Kier molecular flexibility index (Phi) is 16.0. The van der Waals surface area contributed by atoms with Crippen LogP contribution in [0.4, 0.5) is 0 Å². The topological polar surface area (TPSA) is 0 Å². The van der Waals surface area contributed by atoms with Gasteiger partial charge in [-0.2, -0.15) is 0 Å². The lowest BCUT2D eigenvalue weighted by Crippen LogP contribution is -2.12. The van der Waals surface area contributed by atoms with Crippen LogP contribution < -0.4 is 0 Å². The molecule has 0 nitrogen and oxygen atoms in total. The van der Waals surface area contributed by atoms with E-state index in [1.165, 1.54) is 64.2 Å². The van der Waals surface area contributed by atoms with Crippen LogP contribution in [-0.2, 0) is 0 Å². The van der Waals surface area contributed by atoms with Gasteiger partial charge in [0, 0.05) is 9.49 Å². The second-order valence-corrected chi connectivity index (χ2v) is 16.4. The molecule has 5 heteroatoms. The smallest absolute Gasteiger partial charge is 0.0215 e. The summed E-state index contributed by atoms with van der Waals surface area (Å²) in [5.74, 6) is 0. The van der Waals surface area contributed by atoms with Gasteiger partial charge in [0.05, 0.1) is 0 Å². The molecular weight excluding hydrogens is 377 g/mol. The molecule has 0 aromatic heterocycles. The van der Waals surface area contributed by atoms with Crippen LogP contribution in [0.2, 0.25) is 0 Å². The molecule has 0 amide bonds. The predicted molar refractivity (Wildman–Crippen MR) is 124 cm³/mol. The lowest BCUT2D eigenvalue weighted by molar-refractivity contribution is 0.561. The van der Waals surface area contributed by atoms with E-state index in [1.54, 1.807) is 0 Å². The van der Waals surface area contributed by atoms with Crippen molar-refractivity contribution in [1.82, 2.24) is 0 Å². The third kappa shape index (κ3) is 16.9. The Morgan fingerprint density at radius 3 is 1.26 bits per heavy atom. The molecule has 0 aliphatic rings. The van der Waals surface area contributed by atoms with Crippen LogP contribution in [0.25, 0.3) is 0 Å². The average molecular weight is 415 g/mol. The molecule has 0 radical (unpaired) electrons. The highest BCUT2D eigenvalue weighted by molar-refractivity contribution is 9.35. The van der Waals surface area contributed by atoms with Gasteiger partial charge in [-0.15, -0.1) is 0 Å². The van der Waals surface area contributed by atoms with Crippen LogP contribution in [0, 0.1) is 0 Å². The summed E-state index contributed by atoms with van der Waals surface area (Å²) in [6.45, 7) is 14.2. The summed E-state index contributed by atoms with van der Waals surface area (Å²) < 4.78 is 0.818. The van der Waals surface area contributed by atoms with Crippen LogP contribution in [0.1, 0.15) is 106 Å². The summed E-state index contributed by atoms with van der Waals surface area (Å²) in [5.41, 5.74) is 0. The van der Waals surface area contributed by atoms with E-state index in [4.69, 9.17) is 0 Å². The monoisotopic (exact) mass is 414 g/mol. The molecule has 0 heterocycles. The minimum Gasteiger partial charge on any atom is -0.0754 e. The molecule has 0 bridgehead atoms. The largest absolute Gasteiger partial charge is 0.0754 e. The van der Waals surface area contributed by atoms with Crippen molar-refractivity contribution in [1.29, 1.82) is 0 Å². The van der Waals surface area contributed by atoms with E-state index in [0.29, 0.717) is 9.49 Å². The highest BCUT2D eigenvalue weighted by Gasteiger charge is 2.21. The number of unbranched alkanes of at least 4 members (excludes halogenated alkanes) is 6. The molecular formula is C18H38S5. The molecule has 0 fully saturated rings. The first-order chi connectivity index (χ1) is 10.8. The quantitative estimate of drug-likeness (QED) is 0.181. The van der Waals surface area contributed by atoms with Gasteiger partial charge >= 0.3 is 0 Å². The molecule has 0 aliphatic heterocycles. The van der Waals surface area contributed by atoms with Crippen molar-refractivity contribution >= 4 is 51.1 Å². The molecule has 0 atom stereocenters. The standard InChI is InChI=1S/C18H38S5/c1-7-9-11-13-15-17(3,4)19-21-23-22-20-18(5,6)16-14-12-10-8-2/h7-16H2,1-6H3. The molecule has 0 N–H and O–H groups in total. The molecule has 0 aromatic rings. The normalized spacial score (nSPS) is 12.8. The summed E-state index contributed by atoms with van der Waals surface area (Å²) in [7, 11) is 10.0. The number of hydrogen-bond donors (Lipinski definition) is 0. The molecule has 140 valence electrons. The van der Waals surface area contributed by atoms with E-state index < -0.39 is 0 Å². The van der Waals surface area contributed by atoms with E-state index in [0.717, 1.165) is 0 Å². The Labute approximate surface area is 165 Å². The third-order valence-corrected chi connectivity index (χ3v) is 14.1. The Balaban J connectivity index is 3.65. The van der Waals surface area contributed by atoms with Crippen LogP contribution >= 0.6 is 51.1 Å². The lowest BCUT2D eigenvalue weighted by Gasteiger charge is -2.24. The van der Waals surface area contributed by atoms with Gasteiger partial charge in [-0.3, -0.25) is 0 Å². The predicted octanol–water partition coefficient (Wildman–Crippen LogP) is 9.81. The minimum absolute atomic E-state index is 0.409. The first kappa shape index (κ1) is 24.8. The summed E-state index contributed by atoms with van der Waals surface area (Å²) >= 11 is 0. The van der Waals surface area contributed by atoms with Gasteiger partial charge in [-0.1, -0.05) is 86.8 Å². The molecule has 23 heavy (non-hydrogen) atoms. The van der Waals surface area contributed by atoms with Crippen molar-refractivity contribution in [3.05, 3.63) is 0 Å². The molecule has 0 saturated carbocycles. The van der Waals surface area contributed by atoms with E-state index in [1.807, 2.05) is 29.5 Å². The van der Waals surface area contributed by atoms with Gasteiger partial charge < -0.3 is 0 Å². The van der Waals surface area contributed by atoms with E-state index in [-0.39, 0.29) is 0 Å². The minimum atomic E-state index is 0.409. The van der Waals surface area contributed by atoms with Crippen molar-refractivity contribution < 1.29 is 0 Å². The summed E-state index contributed by atoms with van der Waals surface area (Å²) in [6.07, 6.45) is 13.7. The van der Waals surface area contributed by atoms with Crippen LogP contribution in [0.3, 0.4) is 0 Å². The Hall–Kier alpha value is 1.75. The second kappa shape index (κ2) is 14.9. The highest BCUT2D eigenvalue weighted by atomic mass is 33.8. The number of rotatable bonds is 16. The first-order valence-corrected chi connectivity index (χ1v) is 15.3. The Morgan fingerprint density at radius 2 is 0.913 bits per heavy atom. The third-order valence-electron chi connectivity index (χ3n) is 3.84. The van der Waals surface area contributed by atoms with Crippen LogP contribution in [-0.4, -0.2) is 9.49 Å². The van der Waals surface area contributed by atoms with Gasteiger partial charge in [0.15, 0.2) is 0 Å². The van der Waals surface area contributed by atoms with Crippen LogP contribution in [0.15, 0.2) is 0 Å². The van der Waals surface area contributed by atoms with Crippen molar-refractivity contribution in [3.63, 3.8) is 0 Å². The molecule has 0 spiro atoms. The van der Waals surface area contributed by atoms with Gasteiger partial charge in [0.2, 0.25) is 0 Å². The van der Waals surface area contributed by atoms with E-state index in [9.17, 15) is 0 Å². The van der Waals surface area contributed by atoms with Gasteiger partial charge in [0.1, 0.15) is 0 Å². The van der Waals surface area contributed by atoms with E-state index >= 15 is 0 Å². The molecule has 0 unspecified atom stereocenters. The fourth-order valence-electron chi connectivity index (χ4n) is 2.26. The molecule has 0 rings (SSSR count). The maximum absolute atomic E-state index is 2.40. The average Bonchev–Trinajstić information content (AvgIpc) is 2.48. The zero-order valence-corrected chi connectivity index (χ0v) is 20.2. The number of hydrogen-bond acceptors (Lipinski definition) is 5. The molecule has 0 aliphatic carbocycles. The SMILES string of the molecule is CCCCCCC(C)(C)SSSSSC(C)(C)CCCCCC.